The Bertz CT molecular complexity index is 719. The molecule has 2 aromatic rings. The molecule has 2 unspecified atom stereocenters. The molecule has 0 aromatic heterocycles. The number of halogens is 1. The van der Waals surface area contributed by atoms with Gasteiger partial charge in [0.2, 0.25) is 0 Å². The fraction of sp³-hybridized carbons (Fsp3) is 0.409. The summed E-state index contributed by atoms with van der Waals surface area (Å²) in [6.07, 6.45) is 1.41. The van der Waals surface area contributed by atoms with Crippen LogP contribution in [0.25, 0.3) is 0 Å². The number of rotatable bonds is 7. The maximum atomic E-state index is 14.3. The number of hydrogen-bond donors (Lipinski definition) is 1. The van der Waals surface area contributed by atoms with Gasteiger partial charge in [0.15, 0.2) is 0 Å². The number of urea groups is 1. The van der Waals surface area contributed by atoms with Gasteiger partial charge in [-0.05, 0) is 38.3 Å². The zero-order valence-corrected chi connectivity index (χ0v) is 16.1. The summed E-state index contributed by atoms with van der Waals surface area (Å²) in [5.41, 5.74) is 1.15. The van der Waals surface area contributed by atoms with Crippen LogP contribution in [0.4, 0.5) is 9.18 Å². The molecule has 1 N–H and O–H groups in total. The molecule has 2 rings (SSSR count). The SMILES string of the molecule is CCC(c1ccccc1F)N(CC)C(=O)NC(C)(CC)c1ccccc1. The lowest BCUT2D eigenvalue weighted by Gasteiger charge is -2.36. The van der Waals surface area contributed by atoms with Gasteiger partial charge in [0.25, 0.3) is 0 Å². The number of carbonyl (C=O) groups is 1. The summed E-state index contributed by atoms with van der Waals surface area (Å²) in [5, 5.41) is 3.18. The quantitative estimate of drug-likeness (QED) is 0.685. The first-order chi connectivity index (χ1) is 12.5. The normalized spacial score (nSPS) is 14.3. The van der Waals surface area contributed by atoms with Gasteiger partial charge >= 0.3 is 6.03 Å². The molecule has 2 amide bonds. The molecule has 0 aliphatic heterocycles. The molecule has 0 bridgehead atoms. The minimum absolute atomic E-state index is 0.171. The molecule has 3 nitrogen and oxygen atoms in total. The van der Waals surface area contributed by atoms with Crippen LogP contribution >= 0.6 is 0 Å². The van der Waals surface area contributed by atoms with E-state index in [9.17, 15) is 9.18 Å². The molecule has 2 atom stereocenters. The third-order valence-corrected chi connectivity index (χ3v) is 5.13. The van der Waals surface area contributed by atoms with Crippen LogP contribution in [0.3, 0.4) is 0 Å². The van der Waals surface area contributed by atoms with Crippen molar-refractivity contribution in [1.82, 2.24) is 10.2 Å². The van der Waals surface area contributed by atoms with Crippen molar-refractivity contribution in [3.63, 3.8) is 0 Å². The fourth-order valence-electron chi connectivity index (χ4n) is 3.34. The van der Waals surface area contributed by atoms with Gasteiger partial charge in [0.05, 0.1) is 11.6 Å². The monoisotopic (exact) mass is 356 g/mol. The van der Waals surface area contributed by atoms with Crippen molar-refractivity contribution in [2.45, 2.75) is 52.1 Å². The van der Waals surface area contributed by atoms with Crippen LogP contribution < -0.4 is 5.32 Å². The van der Waals surface area contributed by atoms with E-state index < -0.39 is 5.54 Å². The zero-order valence-electron chi connectivity index (χ0n) is 16.1. The van der Waals surface area contributed by atoms with Crippen LogP contribution in [-0.2, 0) is 5.54 Å². The molecular weight excluding hydrogens is 327 g/mol. The summed E-state index contributed by atoms with van der Waals surface area (Å²) in [5.74, 6) is -0.271. The first-order valence-corrected chi connectivity index (χ1v) is 9.35. The molecule has 0 fully saturated rings. The topological polar surface area (TPSA) is 32.3 Å². The van der Waals surface area contributed by atoms with E-state index in [1.54, 1.807) is 17.0 Å². The van der Waals surface area contributed by atoms with Crippen molar-refractivity contribution in [2.24, 2.45) is 0 Å². The highest BCUT2D eigenvalue weighted by atomic mass is 19.1. The summed E-state index contributed by atoms with van der Waals surface area (Å²) >= 11 is 0. The van der Waals surface area contributed by atoms with E-state index in [4.69, 9.17) is 0 Å². The molecule has 2 aromatic carbocycles. The number of nitrogens with one attached hydrogen (secondary N) is 1. The molecule has 0 saturated heterocycles. The van der Waals surface area contributed by atoms with Gasteiger partial charge < -0.3 is 10.2 Å². The van der Waals surface area contributed by atoms with Crippen molar-refractivity contribution in [3.8, 4) is 0 Å². The largest absolute Gasteiger partial charge is 0.329 e. The van der Waals surface area contributed by atoms with E-state index in [0.29, 0.717) is 18.5 Å². The molecule has 0 aliphatic rings. The van der Waals surface area contributed by atoms with Gasteiger partial charge in [-0.2, -0.15) is 0 Å². The minimum atomic E-state index is -0.473. The van der Waals surface area contributed by atoms with Gasteiger partial charge in [0, 0.05) is 12.1 Å². The average molecular weight is 356 g/mol. The molecular formula is C22H29FN2O. The van der Waals surface area contributed by atoms with E-state index >= 15 is 0 Å². The van der Waals surface area contributed by atoms with E-state index in [1.165, 1.54) is 6.07 Å². The number of hydrogen-bond acceptors (Lipinski definition) is 1. The van der Waals surface area contributed by atoms with Crippen LogP contribution in [0.2, 0.25) is 0 Å². The van der Waals surface area contributed by atoms with Crippen molar-refractivity contribution in [1.29, 1.82) is 0 Å². The summed E-state index contributed by atoms with van der Waals surface area (Å²) in [6, 6.07) is 16.2. The van der Waals surface area contributed by atoms with Crippen molar-refractivity contribution >= 4 is 6.03 Å². The molecule has 4 heteroatoms. The zero-order chi connectivity index (χ0) is 19.2. The Hall–Kier alpha value is -2.36. The average Bonchev–Trinajstić information content (AvgIpc) is 2.67. The van der Waals surface area contributed by atoms with Crippen LogP contribution in [0.5, 0.6) is 0 Å². The lowest BCUT2D eigenvalue weighted by atomic mass is 9.89. The Morgan fingerprint density at radius 2 is 1.69 bits per heavy atom. The Morgan fingerprint density at radius 3 is 2.23 bits per heavy atom. The van der Waals surface area contributed by atoms with Crippen LogP contribution in [-0.4, -0.2) is 17.5 Å². The van der Waals surface area contributed by atoms with Gasteiger partial charge in [0.1, 0.15) is 5.82 Å². The molecule has 0 saturated carbocycles. The van der Waals surface area contributed by atoms with Crippen molar-refractivity contribution < 1.29 is 9.18 Å². The first-order valence-electron chi connectivity index (χ1n) is 9.35. The molecule has 140 valence electrons. The third-order valence-electron chi connectivity index (χ3n) is 5.13. The Kier molecular flexibility index (Phi) is 6.78. The van der Waals surface area contributed by atoms with Crippen molar-refractivity contribution in [2.75, 3.05) is 6.54 Å². The summed E-state index contributed by atoms with van der Waals surface area (Å²) in [4.78, 5) is 14.8. The highest BCUT2D eigenvalue weighted by Crippen LogP contribution is 2.29. The molecule has 0 heterocycles. The number of amides is 2. The standard InChI is InChI=1S/C22H29FN2O/c1-5-20(18-15-11-12-16-19(18)23)25(7-3)21(26)24-22(4,6-2)17-13-9-8-10-14-17/h8-16,20H,5-7H2,1-4H3,(H,24,26). The van der Waals surface area contributed by atoms with E-state index in [2.05, 4.69) is 12.2 Å². The predicted octanol–water partition coefficient (Wildman–Crippen LogP) is 5.63. The Labute approximate surface area is 156 Å². The molecule has 0 spiro atoms. The van der Waals surface area contributed by atoms with E-state index in [0.717, 1.165) is 12.0 Å². The highest BCUT2D eigenvalue weighted by Gasteiger charge is 2.31. The number of carbonyl (C=O) groups excluding carboxylic acids is 1. The molecule has 0 aliphatic carbocycles. The maximum absolute atomic E-state index is 14.3. The molecule has 0 radical (unpaired) electrons. The van der Waals surface area contributed by atoms with Crippen LogP contribution in [0.15, 0.2) is 54.6 Å². The van der Waals surface area contributed by atoms with E-state index in [-0.39, 0.29) is 17.9 Å². The number of benzene rings is 2. The predicted molar refractivity (Wildman–Crippen MR) is 104 cm³/mol. The smallest absolute Gasteiger partial charge is 0.318 e. The van der Waals surface area contributed by atoms with Crippen molar-refractivity contribution in [3.05, 3.63) is 71.5 Å². The highest BCUT2D eigenvalue weighted by molar-refractivity contribution is 5.76. The first kappa shape index (κ1) is 20.0. The summed E-state index contributed by atoms with van der Waals surface area (Å²) < 4.78 is 14.3. The minimum Gasteiger partial charge on any atom is -0.329 e. The Balaban J connectivity index is 2.28. The summed E-state index contributed by atoms with van der Waals surface area (Å²) in [7, 11) is 0. The molecule has 26 heavy (non-hydrogen) atoms. The van der Waals surface area contributed by atoms with Gasteiger partial charge in [-0.3, -0.25) is 0 Å². The van der Waals surface area contributed by atoms with Gasteiger partial charge in [-0.15, -0.1) is 0 Å². The fourth-order valence-corrected chi connectivity index (χ4v) is 3.34. The second-order valence-electron chi connectivity index (χ2n) is 6.71. The Morgan fingerprint density at radius 1 is 1.08 bits per heavy atom. The van der Waals surface area contributed by atoms with Crippen LogP contribution in [0, 0.1) is 5.82 Å². The lowest BCUT2D eigenvalue weighted by Crippen LogP contribution is -2.50. The van der Waals surface area contributed by atoms with Crippen LogP contribution in [0.1, 0.15) is 57.7 Å². The van der Waals surface area contributed by atoms with Gasteiger partial charge in [-0.25, -0.2) is 9.18 Å². The number of nitrogens with zero attached hydrogens (tertiary/aromatic N) is 1. The van der Waals surface area contributed by atoms with E-state index in [1.807, 2.05) is 57.2 Å². The summed E-state index contributed by atoms with van der Waals surface area (Å²) in [6.45, 7) is 8.49. The maximum Gasteiger partial charge on any atom is 0.318 e. The third kappa shape index (κ3) is 4.24. The second-order valence-corrected chi connectivity index (χ2v) is 6.71. The second kappa shape index (κ2) is 8.84. The van der Waals surface area contributed by atoms with Gasteiger partial charge in [-0.1, -0.05) is 62.4 Å². The lowest BCUT2D eigenvalue weighted by molar-refractivity contribution is 0.162.